The highest BCUT2D eigenvalue weighted by Gasteiger charge is 2.10. The Morgan fingerprint density at radius 1 is 1.30 bits per heavy atom. The van der Waals surface area contributed by atoms with Crippen LogP contribution < -0.4 is 20.9 Å². The molecule has 0 radical (unpaired) electrons. The molecule has 7 nitrogen and oxygen atoms in total. The normalized spacial score (nSPS) is 10.2. The van der Waals surface area contributed by atoms with Gasteiger partial charge in [-0.3, -0.25) is 5.43 Å². The van der Waals surface area contributed by atoms with Gasteiger partial charge in [0.1, 0.15) is 11.6 Å². The maximum Gasteiger partial charge on any atom is 0.328 e. The van der Waals surface area contributed by atoms with Crippen LogP contribution in [-0.2, 0) is 0 Å². The molecule has 0 spiro atoms. The zero-order chi connectivity index (χ0) is 14.7. The van der Waals surface area contributed by atoms with Gasteiger partial charge in [0, 0.05) is 14.1 Å². The molecule has 3 N–H and O–H groups in total. The summed E-state index contributed by atoms with van der Waals surface area (Å²) in [7, 11) is 3.54. The molecule has 0 aliphatic carbocycles. The second-order valence-electron chi connectivity index (χ2n) is 3.96. The van der Waals surface area contributed by atoms with Crippen molar-refractivity contribution in [2.75, 3.05) is 24.4 Å². The average Bonchev–Trinajstić information content (AvgIpc) is 2.42. The van der Waals surface area contributed by atoms with Crippen molar-refractivity contribution in [3.05, 3.63) is 28.5 Å². The number of anilines is 2. The van der Waals surface area contributed by atoms with Crippen LogP contribution in [0.15, 0.2) is 22.7 Å². The van der Waals surface area contributed by atoms with Crippen molar-refractivity contribution < 1.29 is 9.13 Å². The SMILES string of the molecule is CN(C)c1nc(NN)nc(Oc2ccc(F)c(Br)c2)n1. The second-order valence-corrected chi connectivity index (χ2v) is 4.81. The van der Waals surface area contributed by atoms with E-state index < -0.39 is 0 Å². The number of nitrogens with two attached hydrogens (primary N) is 1. The smallest absolute Gasteiger partial charge is 0.328 e. The largest absolute Gasteiger partial charge is 0.424 e. The van der Waals surface area contributed by atoms with E-state index in [0.29, 0.717) is 11.7 Å². The predicted octanol–water partition coefficient (Wildman–Crippen LogP) is 1.92. The van der Waals surface area contributed by atoms with Crippen LogP contribution in [0.3, 0.4) is 0 Å². The van der Waals surface area contributed by atoms with E-state index in [4.69, 9.17) is 10.6 Å². The predicted molar refractivity (Wildman–Crippen MR) is 76.1 cm³/mol. The number of benzene rings is 1. The van der Waals surface area contributed by atoms with E-state index in [1.54, 1.807) is 19.0 Å². The summed E-state index contributed by atoms with van der Waals surface area (Å²) in [5.74, 6) is 5.84. The Bertz CT molecular complexity index is 624. The molecule has 2 aromatic rings. The Hall–Kier alpha value is -2.00. The lowest BCUT2D eigenvalue weighted by Crippen LogP contribution is -2.17. The van der Waals surface area contributed by atoms with Crippen molar-refractivity contribution >= 4 is 27.8 Å². The van der Waals surface area contributed by atoms with Crippen molar-refractivity contribution in [1.29, 1.82) is 0 Å². The van der Waals surface area contributed by atoms with E-state index in [9.17, 15) is 4.39 Å². The Labute approximate surface area is 123 Å². The van der Waals surface area contributed by atoms with Gasteiger partial charge in [0.25, 0.3) is 0 Å². The number of hydrazine groups is 1. The van der Waals surface area contributed by atoms with Crippen molar-refractivity contribution in [1.82, 2.24) is 15.0 Å². The molecule has 0 fully saturated rings. The summed E-state index contributed by atoms with van der Waals surface area (Å²) in [6.45, 7) is 0. The van der Waals surface area contributed by atoms with E-state index in [1.807, 2.05) is 0 Å². The van der Waals surface area contributed by atoms with Crippen molar-refractivity contribution in [3.8, 4) is 11.8 Å². The summed E-state index contributed by atoms with van der Waals surface area (Å²) in [5, 5.41) is 0. The number of aromatic nitrogens is 3. The van der Waals surface area contributed by atoms with Gasteiger partial charge in [-0.2, -0.15) is 15.0 Å². The molecule has 9 heteroatoms. The Kier molecular flexibility index (Phi) is 4.30. The zero-order valence-corrected chi connectivity index (χ0v) is 12.3. The second kappa shape index (κ2) is 5.97. The first-order valence-corrected chi connectivity index (χ1v) is 6.32. The van der Waals surface area contributed by atoms with Crippen LogP contribution in [0.4, 0.5) is 16.3 Å². The number of nitrogens with one attached hydrogen (secondary N) is 1. The van der Waals surface area contributed by atoms with Crippen LogP contribution in [0.1, 0.15) is 0 Å². The summed E-state index contributed by atoms with van der Waals surface area (Å²) in [5.41, 5.74) is 2.33. The summed E-state index contributed by atoms with van der Waals surface area (Å²) < 4.78 is 18.9. The van der Waals surface area contributed by atoms with E-state index in [0.717, 1.165) is 0 Å². The molecular weight excluding hydrogens is 331 g/mol. The van der Waals surface area contributed by atoms with Gasteiger partial charge in [-0.15, -0.1) is 0 Å². The average molecular weight is 343 g/mol. The quantitative estimate of drug-likeness (QED) is 0.648. The van der Waals surface area contributed by atoms with Crippen molar-refractivity contribution in [2.45, 2.75) is 0 Å². The standard InChI is InChI=1S/C11H12BrFN6O/c1-19(2)10-15-9(18-14)16-11(17-10)20-6-3-4-8(13)7(12)5-6/h3-5H,14H2,1-2H3,(H,15,16,17,18). The molecule has 106 valence electrons. The molecule has 2 rings (SSSR count). The Morgan fingerprint density at radius 3 is 2.65 bits per heavy atom. The van der Waals surface area contributed by atoms with Gasteiger partial charge in [-0.1, -0.05) is 0 Å². The highest BCUT2D eigenvalue weighted by Crippen LogP contribution is 2.25. The van der Waals surface area contributed by atoms with Gasteiger partial charge < -0.3 is 9.64 Å². The van der Waals surface area contributed by atoms with Gasteiger partial charge in [0.05, 0.1) is 4.47 Å². The van der Waals surface area contributed by atoms with E-state index >= 15 is 0 Å². The number of halogens is 2. The van der Waals surface area contributed by atoms with Crippen LogP contribution in [0, 0.1) is 5.82 Å². The first-order valence-electron chi connectivity index (χ1n) is 5.52. The highest BCUT2D eigenvalue weighted by molar-refractivity contribution is 9.10. The summed E-state index contributed by atoms with van der Waals surface area (Å²) >= 11 is 3.08. The molecule has 20 heavy (non-hydrogen) atoms. The number of rotatable bonds is 4. The van der Waals surface area contributed by atoms with E-state index in [-0.39, 0.29) is 22.2 Å². The molecule has 0 unspecified atom stereocenters. The first kappa shape index (κ1) is 14.4. The lowest BCUT2D eigenvalue weighted by molar-refractivity contribution is 0.438. The minimum Gasteiger partial charge on any atom is -0.424 e. The van der Waals surface area contributed by atoms with Crippen molar-refractivity contribution in [2.24, 2.45) is 5.84 Å². The molecule has 1 aromatic carbocycles. The Balaban J connectivity index is 2.32. The fraction of sp³-hybridized carbons (Fsp3) is 0.182. The molecule has 1 aromatic heterocycles. The van der Waals surface area contributed by atoms with Gasteiger partial charge in [0.15, 0.2) is 0 Å². The molecule has 0 atom stereocenters. The maximum atomic E-state index is 13.1. The summed E-state index contributed by atoms with van der Waals surface area (Å²) in [6.07, 6.45) is 0. The lowest BCUT2D eigenvalue weighted by atomic mass is 10.3. The Morgan fingerprint density at radius 2 is 2.05 bits per heavy atom. The van der Waals surface area contributed by atoms with Crippen LogP contribution in [0.25, 0.3) is 0 Å². The topological polar surface area (TPSA) is 89.2 Å². The zero-order valence-electron chi connectivity index (χ0n) is 10.8. The highest BCUT2D eigenvalue weighted by atomic mass is 79.9. The number of hydrogen-bond donors (Lipinski definition) is 2. The van der Waals surface area contributed by atoms with E-state index in [2.05, 4.69) is 36.3 Å². The summed E-state index contributed by atoms with van der Waals surface area (Å²) in [6, 6.07) is 4.27. The molecule has 0 aliphatic rings. The van der Waals surface area contributed by atoms with Gasteiger partial charge >= 0.3 is 6.01 Å². The van der Waals surface area contributed by atoms with Gasteiger partial charge in [-0.25, -0.2) is 10.2 Å². The van der Waals surface area contributed by atoms with Crippen LogP contribution in [-0.4, -0.2) is 29.0 Å². The molecule has 1 heterocycles. The molecular formula is C11H12BrFN6O. The number of ether oxygens (including phenoxy) is 1. The molecule has 0 saturated carbocycles. The third-order valence-corrected chi connectivity index (χ3v) is 2.84. The molecule has 0 saturated heterocycles. The van der Waals surface area contributed by atoms with Crippen LogP contribution in [0.2, 0.25) is 0 Å². The van der Waals surface area contributed by atoms with Crippen LogP contribution in [0.5, 0.6) is 11.8 Å². The lowest BCUT2D eigenvalue weighted by Gasteiger charge is -2.12. The van der Waals surface area contributed by atoms with Crippen molar-refractivity contribution in [3.63, 3.8) is 0 Å². The number of hydrogen-bond acceptors (Lipinski definition) is 7. The minimum atomic E-state index is -0.383. The first-order chi connectivity index (χ1) is 9.49. The minimum absolute atomic E-state index is 0.0511. The van der Waals surface area contributed by atoms with Gasteiger partial charge in [-0.05, 0) is 34.1 Å². The third-order valence-electron chi connectivity index (χ3n) is 2.23. The van der Waals surface area contributed by atoms with E-state index in [1.165, 1.54) is 18.2 Å². The fourth-order valence-corrected chi connectivity index (χ4v) is 1.66. The number of nitrogens with zero attached hydrogens (tertiary/aromatic N) is 4. The monoisotopic (exact) mass is 342 g/mol. The molecule has 0 bridgehead atoms. The fourth-order valence-electron chi connectivity index (χ4n) is 1.30. The maximum absolute atomic E-state index is 13.1. The van der Waals surface area contributed by atoms with Crippen LogP contribution >= 0.6 is 15.9 Å². The summed E-state index contributed by atoms with van der Waals surface area (Å²) in [4.78, 5) is 13.8. The number of nitrogen functional groups attached to an aromatic ring is 1. The molecule has 0 aliphatic heterocycles. The molecule has 0 amide bonds. The third kappa shape index (κ3) is 3.31. The van der Waals surface area contributed by atoms with Gasteiger partial charge in [0.2, 0.25) is 11.9 Å².